The fourth-order valence-electron chi connectivity index (χ4n) is 2.31. The first-order valence-electron chi connectivity index (χ1n) is 8.17. The van der Waals surface area contributed by atoms with Crippen molar-refractivity contribution in [3.8, 4) is 22.8 Å². The lowest BCUT2D eigenvalue weighted by atomic mass is 10.1. The van der Waals surface area contributed by atoms with Gasteiger partial charge in [-0.25, -0.2) is 5.43 Å². The molecule has 1 amide bonds. The minimum Gasteiger partial charge on any atom is -0.504 e. The Labute approximate surface area is 160 Å². The predicted octanol–water partition coefficient (Wildman–Crippen LogP) is 3.60. The first-order chi connectivity index (χ1) is 13.1. The number of hydrogen-bond acceptors (Lipinski definition) is 5. The molecule has 0 atom stereocenters. The summed E-state index contributed by atoms with van der Waals surface area (Å²) in [5, 5.41) is 21.0. The van der Waals surface area contributed by atoms with Gasteiger partial charge in [-0.3, -0.25) is 9.89 Å². The molecule has 7 nitrogen and oxygen atoms in total. The zero-order chi connectivity index (χ0) is 19.2. The van der Waals surface area contributed by atoms with Crippen LogP contribution in [0.15, 0.2) is 53.6 Å². The maximum absolute atomic E-state index is 12.2. The Hall–Kier alpha value is -3.32. The number of hydrogen-bond donors (Lipinski definition) is 3. The first kappa shape index (κ1) is 18.5. The van der Waals surface area contributed by atoms with Crippen molar-refractivity contribution in [3.63, 3.8) is 0 Å². The SMILES string of the molecule is CCOc1cc(/C=N/NC(=O)c2cc(-c3ccc(Cl)cc3)n[nH]2)ccc1O. The van der Waals surface area contributed by atoms with Crippen LogP contribution in [0.4, 0.5) is 0 Å². The highest BCUT2D eigenvalue weighted by Crippen LogP contribution is 2.26. The third-order valence-corrected chi connectivity index (χ3v) is 3.88. The van der Waals surface area contributed by atoms with E-state index in [0.717, 1.165) is 5.56 Å². The normalized spacial score (nSPS) is 10.9. The van der Waals surface area contributed by atoms with E-state index in [1.165, 1.54) is 12.3 Å². The quantitative estimate of drug-likeness (QED) is 0.446. The molecule has 2 aromatic carbocycles. The van der Waals surface area contributed by atoms with Crippen molar-refractivity contribution in [1.82, 2.24) is 15.6 Å². The van der Waals surface area contributed by atoms with E-state index >= 15 is 0 Å². The van der Waals surface area contributed by atoms with Crippen molar-refractivity contribution < 1.29 is 14.6 Å². The number of phenols is 1. The van der Waals surface area contributed by atoms with Gasteiger partial charge in [0.25, 0.3) is 5.91 Å². The minimum absolute atomic E-state index is 0.0465. The Balaban J connectivity index is 1.65. The fraction of sp³-hybridized carbons (Fsp3) is 0.105. The van der Waals surface area contributed by atoms with E-state index < -0.39 is 5.91 Å². The zero-order valence-corrected chi connectivity index (χ0v) is 15.2. The number of nitrogens with zero attached hydrogens (tertiary/aromatic N) is 2. The van der Waals surface area contributed by atoms with Gasteiger partial charge in [-0.2, -0.15) is 10.2 Å². The number of nitrogens with one attached hydrogen (secondary N) is 2. The van der Waals surface area contributed by atoms with Gasteiger partial charge in [0.1, 0.15) is 5.69 Å². The molecular weight excluding hydrogens is 368 g/mol. The van der Waals surface area contributed by atoms with Crippen LogP contribution in [-0.2, 0) is 0 Å². The molecule has 1 aromatic heterocycles. The molecule has 0 spiro atoms. The van der Waals surface area contributed by atoms with Gasteiger partial charge in [0.05, 0.1) is 18.5 Å². The van der Waals surface area contributed by atoms with Gasteiger partial charge in [-0.1, -0.05) is 23.7 Å². The molecule has 0 aliphatic carbocycles. The van der Waals surface area contributed by atoms with E-state index in [1.54, 1.807) is 30.3 Å². The summed E-state index contributed by atoms with van der Waals surface area (Å²) in [5.74, 6) is -0.0260. The predicted molar refractivity (Wildman–Crippen MR) is 103 cm³/mol. The van der Waals surface area contributed by atoms with E-state index in [-0.39, 0.29) is 11.4 Å². The van der Waals surface area contributed by atoms with Gasteiger partial charge in [0, 0.05) is 10.6 Å². The van der Waals surface area contributed by atoms with Crippen LogP contribution in [0, 0.1) is 0 Å². The molecule has 1 heterocycles. The summed E-state index contributed by atoms with van der Waals surface area (Å²) in [4.78, 5) is 12.2. The van der Waals surface area contributed by atoms with Gasteiger partial charge in [-0.15, -0.1) is 0 Å². The Bertz CT molecular complexity index is 967. The lowest BCUT2D eigenvalue weighted by Crippen LogP contribution is -2.18. The second-order valence-corrected chi connectivity index (χ2v) is 5.97. The number of ether oxygens (including phenoxy) is 1. The number of carbonyl (C=O) groups excluding carboxylic acids is 1. The van der Waals surface area contributed by atoms with E-state index in [9.17, 15) is 9.90 Å². The Morgan fingerprint density at radius 3 is 2.81 bits per heavy atom. The summed E-state index contributed by atoms with van der Waals surface area (Å²) >= 11 is 5.87. The smallest absolute Gasteiger partial charge is 0.289 e. The van der Waals surface area contributed by atoms with Crippen LogP contribution in [0.1, 0.15) is 23.0 Å². The minimum atomic E-state index is -0.428. The van der Waals surface area contributed by atoms with E-state index in [2.05, 4.69) is 20.7 Å². The van der Waals surface area contributed by atoms with Crippen LogP contribution in [0.2, 0.25) is 5.02 Å². The molecule has 0 aliphatic heterocycles. The number of halogens is 1. The molecule has 0 radical (unpaired) electrons. The van der Waals surface area contributed by atoms with Crippen LogP contribution in [0.3, 0.4) is 0 Å². The number of amides is 1. The number of benzene rings is 2. The van der Waals surface area contributed by atoms with Crippen molar-refractivity contribution in [2.75, 3.05) is 6.61 Å². The molecule has 0 unspecified atom stereocenters. The number of rotatable bonds is 6. The standard InChI is InChI=1S/C19H17ClN4O3/c1-2-27-18-9-12(3-8-17(18)25)11-21-24-19(26)16-10-15(22-23-16)13-4-6-14(20)7-5-13/h3-11,25H,2H2,1H3,(H,22,23)(H,24,26)/b21-11+. The maximum Gasteiger partial charge on any atom is 0.289 e. The van der Waals surface area contributed by atoms with Crippen LogP contribution < -0.4 is 10.2 Å². The molecule has 3 aromatic rings. The third kappa shape index (κ3) is 4.65. The van der Waals surface area contributed by atoms with Crippen LogP contribution >= 0.6 is 11.6 Å². The second kappa shape index (κ2) is 8.37. The first-order valence-corrected chi connectivity index (χ1v) is 8.55. The van der Waals surface area contributed by atoms with E-state index in [0.29, 0.717) is 28.6 Å². The van der Waals surface area contributed by atoms with Crippen LogP contribution in [-0.4, -0.2) is 34.0 Å². The Morgan fingerprint density at radius 1 is 1.30 bits per heavy atom. The van der Waals surface area contributed by atoms with Crippen LogP contribution in [0.25, 0.3) is 11.3 Å². The number of H-pyrrole nitrogens is 1. The second-order valence-electron chi connectivity index (χ2n) is 5.53. The van der Waals surface area contributed by atoms with E-state index in [1.807, 2.05) is 19.1 Å². The molecule has 8 heteroatoms. The van der Waals surface area contributed by atoms with Crippen molar-refractivity contribution in [1.29, 1.82) is 0 Å². The third-order valence-electron chi connectivity index (χ3n) is 3.63. The van der Waals surface area contributed by atoms with Crippen molar-refractivity contribution >= 4 is 23.7 Å². The zero-order valence-electron chi connectivity index (χ0n) is 14.4. The number of aromatic nitrogens is 2. The van der Waals surface area contributed by atoms with E-state index in [4.69, 9.17) is 16.3 Å². The highest BCUT2D eigenvalue weighted by molar-refractivity contribution is 6.30. The summed E-state index contributed by atoms with van der Waals surface area (Å²) in [6.45, 7) is 2.25. The largest absolute Gasteiger partial charge is 0.504 e. The monoisotopic (exact) mass is 384 g/mol. The van der Waals surface area contributed by atoms with Gasteiger partial charge in [0.2, 0.25) is 0 Å². The highest BCUT2D eigenvalue weighted by Gasteiger charge is 2.10. The Kier molecular flexibility index (Phi) is 5.73. The molecule has 0 fully saturated rings. The summed E-state index contributed by atoms with van der Waals surface area (Å²) in [7, 11) is 0. The van der Waals surface area contributed by atoms with Gasteiger partial charge in [0.15, 0.2) is 11.5 Å². The molecule has 3 rings (SSSR count). The van der Waals surface area contributed by atoms with Gasteiger partial charge < -0.3 is 9.84 Å². The van der Waals surface area contributed by atoms with Gasteiger partial charge in [-0.05, 0) is 48.9 Å². The Morgan fingerprint density at radius 2 is 2.07 bits per heavy atom. The molecule has 0 aliphatic rings. The maximum atomic E-state index is 12.2. The molecule has 3 N–H and O–H groups in total. The number of carbonyl (C=O) groups is 1. The lowest BCUT2D eigenvalue weighted by molar-refractivity contribution is 0.0950. The molecular formula is C19H17ClN4O3. The molecule has 0 saturated heterocycles. The van der Waals surface area contributed by atoms with Gasteiger partial charge >= 0.3 is 0 Å². The van der Waals surface area contributed by atoms with Crippen LogP contribution in [0.5, 0.6) is 11.5 Å². The number of phenolic OH excluding ortho intramolecular Hbond substituents is 1. The van der Waals surface area contributed by atoms with Crippen molar-refractivity contribution in [2.24, 2.45) is 5.10 Å². The lowest BCUT2D eigenvalue weighted by Gasteiger charge is -2.05. The van der Waals surface area contributed by atoms with Crippen molar-refractivity contribution in [3.05, 3.63) is 64.8 Å². The summed E-state index contributed by atoms with van der Waals surface area (Å²) in [6.07, 6.45) is 1.45. The summed E-state index contributed by atoms with van der Waals surface area (Å²) < 4.78 is 5.31. The topological polar surface area (TPSA) is 99.6 Å². The number of aromatic amines is 1. The highest BCUT2D eigenvalue weighted by atomic mass is 35.5. The van der Waals surface area contributed by atoms with Crippen molar-refractivity contribution in [2.45, 2.75) is 6.92 Å². The summed E-state index contributed by atoms with van der Waals surface area (Å²) in [5.41, 5.74) is 4.83. The fourth-order valence-corrected chi connectivity index (χ4v) is 2.44. The average Bonchev–Trinajstić information content (AvgIpc) is 3.15. The molecule has 27 heavy (non-hydrogen) atoms. The molecule has 0 bridgehead atoms. The molecule has 138 valence electrons. The number of aromatic hydroxyl groups is 1. The average molecular weight is 385 g/mol. The molecule has 0 saturated carbocycles. The summed E-state index contributed by atoms with van der Waals surface area (Å²) in [6, 6.07) is 13.6. The number of hydrazone groups is 1.